The molecule has 11 heteroatoms. The lowest BCUT2D eigenvalue weighted by Crippen LogP contribution is -2.18. The molecule has 0 saturated carbocycles. The molecule has 3 rings (SSSR count). The van der Waals surface area contributed by atoms with Gasteiger partial charge in [-0.25, -0.2) is 27.4 Å². The van der Waals surface area contributed by atoms with E-state index in [0.29, 0.717) is 22.0 Å². The second kappa shape index (κ2) is 9.97. The summed E-state index contributed by atoms with van der Waals surface area (Å²) in [5.74, 6) is -11.0. The van der Waals surface area contributed by atoms with Crippen LogP contribution in [0.4, 0.5) is 22.0 Å². The van der Waals surface area contributed by atoms with Gasteiger partial charge in [0, 0.05) is 5.56 Å². The van der Waals surface area contributed by atoms with Gasteiger partial charge in [-0.2, -0.15) is 5.10 Å². The largest absolute Gasteiger partial charge is 0.489 e. The molecule has 0 radical (unpaired) electrons. The second-order valence-corrected chi connectivity index (χ2v) is 7.06. The van der Waals surface area contributed by atoms with E-state index in [1.54, 1.807) is 18.2 Å². The summed E-state index contributed by atoms with van der Waals surface area (Å²) in [7, 11) is 0. The third kappa shape index (κ3) is 5.17. The van der Waals surface area contributed by atoms with Crippen LogP contribution in [-0.2, 0) is 6.61 Å². The molecule has 0 aliphatic heterocycles. The van der Waals surface area contributed by atoms with Gasteiger partial charge in [-0.3, -0.25) is 4.79 Å². The predicted molar refractivity (Wildman–Crippen MR) is 109 cm³/mol. The molecule has 3 aromatic rings. The second-order valence-electron chi connectivity index (χ2n) is 6.24. The van der Waals surface area contributed by atoms with Crippen molar-refractivity contribution >= 4 is 35.3 Å². The molecule has 1 N–H and O–H groups in total. The molecular weight excluding hydrogens is 478 g/mol. The molecule has 0 heterocycles. The summed E-state index contributed by atoms with van der Waals surface area (Å²) < 4.78 is 72.1. The van der Waals surface area contributed by atoms with Crippen LogP contribution in [0.15, 0.2) is 47.6 Å². The Labute approximate surface area is 188 Å². The first-order valence-electron chi connectivity index (χ1n) is 8.70. The van der Waals surface area contributed by atoms with Gasteiger partial charge in [-0.15, -0.1) is 0 Å². The number of carbonyl (C=O) groups excluding carboxylic acids is 1. The minimum atomic E-state index is -2.29. The van der Waals surface area contributed by atoms with Crippen LogP contribution in [0.3, 0.4) is 0 Å². The van der Waals surface area contributed by atoms with E-state index >= 15 is 0 Å². The van der Waals surface area contributed by atoms with Crippen molar-refractivity contribution in [1.29, 1.82) is 0 Å². The molecule has 0 saturated heterocycles. The molecule has 0 aliphatic carbocycles. The first kappa shape index (κ1) is 23.5. The van der Waals surface area contributed by atoms with Crippen LogP contribution in [0.1, 0.15) is 21.5 Å². The highest BCUT2D eigenvalue weighted by Gasteiger charge is 2.24. The van der Waals surface area contributed by atoms with E-state index in [0.717, 1.165) is 5.56 Å². The molecule has 3 aromatic carbocycles. The number of nitrogens with zero attached hydrogens (tertiary/aromatic N) is 1. The van der Waals surface area contributed by atoms with Crippen LogP contribution < -0.4 is 10.2 Å². The number of carbonyl (C=O) groups is 1. The van der Waals surface area contributed by atoms with Crippen molar-refractivity contribution in [3.63, 3.8) is 0 Å². The SMILES string of the molecule is O=C(NN=Cc1c(F)c(F)c(F)c(F)c1F)c1ccc(OCc2ccc(Cl)c(Cl)c2)cc1. The van der Waals surface area contributed by atoms with Gasteiger partial charge < -0.3 is 4.74 Å². The molecule has 0 aromatic heterocycles. The number of nitrogens with one attached hydrogen (secondary N) is 1. The number of ether oxygens (including phenoxy) is 1. The summed E-state index contributed by atoms with van der Waals surface area (Å²) in [6.07, 6.45) is 0.322. The molecule has 32 heavy (non-hydrogen) atoms. The Hall–Kier alpha value is -3.17. The fourth-order valence-electron chi connectivity index (χ4n) is 2.45. The average molecular weight is 489 g/mol. The van der Waals surface area contributed by atoms with Gasteiger partial charge in [-0.05, 0) is 42.0 Å². The van der Waals surface area contributed by atoms with Crippen LogP contribution in [-0.4, -0.2) is 12.1 Å². The fraction of sp³-hybridized carbons (Fsp3) is 0.0476. The minimum Gasteiger partial charge on any atom is -0.489 e. The van der Waals surface area contributed by atoms with E-state index in [4.69, 9.17) is 27.9 Å². The lowest BCUT2D eigenvalue weighted by molar-refractivity contribution is 0.0955. The predicted octanol–water partition coefficient (Wildman–Crippen LogP) is 6.03. The number of hydrogen-bond acceptors (Lipinski definition) is 3. The monoisotopic (exact) mass is 488 g/mol. The van der Waals surface area contributed by atoms with Gasteiger partial charge in [0.1, 0.15) is 12.4 Å². The Kier molecular flexibility index (Phi) is 7.32. The van der Waals surface area contributed by atoms with Gasteiger partial charge >= 0.3 is 0 Å². The van der Waals surface area contributed by atoms with Crippen LogP contribution in [0.2, 0.25) is 10.0 Å². The lowest BCUT2D eigenvalue weighted by atomic mass is 10.2. The highest BCUT2D eigenvalue weighted by atomic mass is 35.5. The van der Waals surface area contributed by atoms with E-state index in [2.05, 4.69) is 5.10 Å². The summed E-state index contributed by atoms with van der Waals surface area (Å²) in [5, 5.41) is 4.04. The smallest absolute Gasteiger partial charge is 0.271 e. The Balaban J connectivity index is 1.62. The maximum Gasteiger partial charge on any atom is 0.271 e. The molecule has 0 aliphatic rings. The molecule has 0 atom stereocenters. The molecule has 166 valence electrons. The summed E-state index contributed by atoms with van der Waals surface area (Å²) in [5.41, 5.74) is 1.52. The Morgan fingerprint density at radius 2 is 1.47 bits per heavy atom. The first-order chi connectivity index (χ1) is 15.2. The normalized spacial score (nSPS) is 11.1. The van der Waals surface area contributed by atoms with Crippen LogP contribution in [0.5, 0.6) is 5.75 Å². The van der Waals surface area contributed by atoms with E-state index in [1.165, 1.54) is 24.3 Å². The topological polar surface area (TPSA) is 50.7 Å². The quantitative estimate of drug-likeness (QED) is 0.151. The minimum absolute atomic E-state index is 0.0986. The molecule has 1 amide bonds. The van der Waals surface area contributed by atoms with E-state index in [9.17, 15) is 26.7 Å². The summed E-state index contributed by atoms with van der Waals surface area (Å²) in [4.78, 5) is 12.1. The van der Waals surface area contributed by atoms with Crippen molar-refractivity contribution in [3.8, 4) is 5.75 Å². The number of rotatable bonds is 6. The van der Waals surface area contributed by atoms with Gasteiger partial charge in [0.15, 0.2) is 23.3 Å². The number of amides is 1. The molecular formula is C21H11Cl2F5N2O2. The van der Waals surface area contributed by atoms with Crippen LogP contribution in [0.25, 0.3) is 0 Å². The Morgan fingerprint density at radius 1 is 0.875 bits per heavy atom. The number of hydrogen-bond donors (Lipinski definition) is 1. The van der Waals surface area contributed by atoms with Crippen LogP contribution >= 0.6 is 23.2 Å². The molecule has 0 unspecified atom stereocenters. The van der Waals surface area contributed by atoms with Crippen molar-refractivity contribution in [2.24, 2.45) is 5.10 Å². The number of halogens is 7. The van der Waals surface area contributed by atoms with Crippen molar-refractivity contribution in [2.45, 2.75) is 6.61 Å². The summed E-state index contributed by atoms with van der Waals surface area (Å²) in [6, 6.07) is 10.7. The van der Waals surface area contributed by atoms with Crippen LogP contribution in [0, 0.1) is 29.1 Å². The highest BCUT2D eigenvalue weighted by Crippen LogP contribution is 2.24. The standard InChI is InChI=1S/C21H11Cl2F5N2O2/c22-14-6-1-10(7-15(14)23)9-32-12-4-2-11(3-5-12)21(31)30-29-8-13-16(24)18(26)20(28)19(27)17(13)25/h1-8H,9H2,(H,30,31). The third-order valence-electron chi connectivity index (χ3n) is 4.11. The van der Waals surface area contributed by atoms with Crippen molar-refractivity contribution in [1.82, 2.24) is 5.43 Å². The molecule has 0 bridgehead atoms. The van der Waals surface area contributed by atoms with E-state index in [-0.39, 0.29) is 12.2 Å². The summed E-state index contributed by atoms with van der Waals surface area (Å²) >= 11 is 11.8. The number of hydrazone groups is 1. The van der Waals surface area contributed by atoms with Gasteiger partial charge in [0.05, 0.1) is 21.8 Å². The van der Waals surface area contributed by atoms with Gasteiger partial charge in [-0.1, -0.05) is 29.3 Å². The molecule has 4 nitrogen and oxygen atoms in total. The Morgan fingerprint density at radius 3 is 2.06 bits per heavy atom. The number of benzene rings is 3. The fourth-order valence-corrected chi connectivity index (χ4v) is 2.77. The zero-order valence-electron chi connectivity index (χ0n) is 15.7. The third-order valence-corrected chi connectivity index (χ3v) is 4.85. The summed E-state index contributed by atoms with van der Waals surface area (Å²) in [6.45, 7) is 0.189. The van der Waals surface area contributed by atoms with Crippen molar-refractivity contribution < 1.29 is 31.5 Å². The highest BCUT2D eigenvalue weighted by molar-refractivity contribution is 6.42. The zero-order valence-corrected chi connectivity index (χ0v) is 17.2. The Bertz CT molecular complexity index is 1170. The zero-order chi connectivity index (χ0) is 23.4. The first-order valence-corrected chi connectivity index (χ1v) is 9.46. The van der Waals surface area contributed by atoms with E-state index in [1.807, 2.05) is 5.43 Å². The van der Waals surface area contributed by atoms with Crippen molar-refractivity contribution in [2.75, 3.05) is 0 Å². The van der Waals surface area contributed by atoms with E-state index < -0.39 is 40.6 Å². The van der Waals surface area contributed by atoms with Gasteiger partial charge in [0.25, 0.3) is 5.91 Å². The lowest BCUT2D eigenvalue weighted by Gasteiger charge is -2.08. The van der Waals surface area contributed by atoms with Crippen molar-refractivity contribution in [3.05, 3.63) is 98.3 Å². The maximum atomic E-state index is 13.6. The maximum absolute atomic E-state index is 13.6. The molecule has 0 spiro atoms. The average Bonchev–Trinajstić information content (AvgIpc) is 2.79. The van der Waals surface area contributed by atoms with Gasteiger partial charge in [0.2, 0.25) is 5.82 Å². The molecule has 0 fully saturated rings.